The van der Waals surface area contributed by atoms with Gasteiger partial charge < -0.3 is 15.6 Å². The van der Waals surface area contributed by atoms with Gasteiger partial charge in [0.2, 0.25) is 0 Å². The maximum absolute atomic E-state index is 12.5. The van der Waals surface area contributed by atoms with E-state index < -0.39 is 0 Å². The molecule has 0 radical (unpaired) electrons. The summed E-state index contributed by atoms with van der Waals surface area (Å²) in [7, 11) is 0. The number of carbonyl (C=O) groups excluding carboxylic acids is 2. The van der Waals surface area contributed by atoms with Gasteiger partial charge in [-0.05, 0) is 25.2 Å². The number of hydrogen-bond acceptors (Lipinski definition) is 5. The molecule has 3 rings (SSSR count). The fourth-order valence-electron chi connectivity index (χ4n) is 3.37. The number of thiazole rings is 1. The van der Waals surface area contributed by atoms with Crippen LogP contribution < -0.4 is 10.6 Å². The molecule has 2 heterocycles. The molecule has 2 aromatic heterocycles. The summed E-state index contributed by atoms with van der Waals surface area (Å²) in [6, 6.07) is 0.0185. The minimum Gasteiger partial charge on any atom is -0.348 e. The van der Waals surface area contributed by atoms with E-state index in [0.29, 0.717) is 17.3 Å². The number of aromatic amines is 1. The van der Waals surface area contributed by atoms with Crippen molar-refractivity contribution in [3.8, 4) is 0 Å². The number of imidazole rings is 1. The molecule has 0 saturated heterocycles. The number of aromatic nitrogens is 3. The molecule has 0 aliphatic heterocycles. The van der Waals surface area contributed by atoms with E-state index in [1.54, 1.807) is 5.38 Å². The van der Waals surface area contributed by atoms with Crippen molar-refractivity contribution >= 4 is 23.2 Å². The summed E-state index contributed by atoms with van der Waals surface area (Å²) >= 11 is 1.42. The number of hydrogen-bond donors (Lipinski definition) is 3. The fourth-order valence-corrected chi connectivity index (χ4v) is 4.23. The minimum atomic E-state index is -0.234. The molecular formula is C19H27N5O2S. The first-order valence-corrected chi connectivity index (χ1v) is 10.5. The summed E-state index contributed by atoms with van der Waals surface area (Å²) in [5.41, 5.74) is 0.848. The van der Waals surface area contributed by atoms with Gasteiger partial charge in [0.05, 0.1) is 18.6 Å². The SMILES string of the molecule is CC(C)C[C@@H](NC(=O)c1cnc[nH]1)c1nc(C(=O)NC2CCCCC2)cs1. The Morgan fingerprint density at radius 1 is 1.26 bits per heavy atom. The Kier molecular flexibility index (Phi) is 6.60. The highest BCUT2D eigenvalue weighted by Gasteiger charge is 2.23. The van der Waals surface area contributed by atoms with Gasteiger partial charge in [0.1, 0.15) is 16.4 Å². The first kappa shape index (κ1) is 19.5. The topological polar surface area (TPSA) is 99.8 Å². The van der Waals surface area contributed by atoms with Crippen LogP contribution in [0.1, 0.15) is 84.4 Å². The van der Waals surface area contributed by atoms with E-state index in [2.05, 4.69) is 39.4 Å². The Balaban J connectivity index is 1.67. The van der Waals surface area contributed by atoms with Crippen LogP contribution in [0.4, 0.5) is 0 Å². The second-order valence-electron chi connectivity index (χ2n) is 7.50. The monoisotopic (exact) mass is 389 g/mol. The van der Waals surface area contributed by atoms with Gasteiger partial charge in [0, 0.05) is 11.4 Å². The molecule has 0 unspecified atom stereocenters. The van der Waals surface area contributed by atoms with Gasteiger partial charge in [0.15, 0.2) is 0 Å². The number of carbonyl (C=O) groups is 2. The largest absolute Gasteiger partial charge is 0.348 e. The molecule has 27 heavy (non-hydrogen) atoms. The van der Waals surface area contributed by atoms with Crippen LogP contribution >= 0.6 is 11.3 Å². The summed E-state index contributed by atoms with van der Waals surface area (Å²) < 4.78 is 0. The summed E-state index contributed by atoms with van der Waals surface area (Å²) in [6.45, 7) is 4.19. The Bertz CT molecular complexity index is 750. The van der Waals surface area contributed by atoms with Gasteiger partial charge in [-0.1, -0.05) is 33.1 Å². The molecule has 0 bridgehead atoms. The van der Waals surface area contributed by atoms with E-state index in [1.807, 2.05) is 0 Å². The van der Waals surface area contributed by atoms with Crippen molar-refractivity contribution in [2.24, 2.45) is 5.92 Å². The zero-order chi connectivity index (χ0) is 19.2. The van der Waals surface area contributed by atoms with Crippen LogP contribution in [0.15, 0.2) is 17.9 Å². The van der Waals surface area contributed by atoms with E-state index >= 15 is 0 Å². The maximum Gasteiger partial charge on any atom is 0.270 e. The number of amides is 2. The van der Waals surface area contributed by atoms with Crippen molar-refractivity contribution in [1.82, 2.24) is 25.6 Å². The van der Waals surface area contributed by atoms with Crippen LogP contribution in [-0.4, -0.2) is 32.8 Å². The number of H-pyrrole nitrogens is 1. The first-order valence-electron chi connectivity index (χ1n) is 9.58. The average Bonchev–Trinajstić information content (AvgIpc) is 3.34. The molecule has 2 aromatic rings. The van der Waals surface area contributed by atoms with E-state index in [1.165, 1.54) is 43.1 Å². The molecule has 3 N–H and O–H groups in total. The highest BCUT2D eigenvalue weighted by molar-refractivity contribution is 7.09. The molecular weight excluding hydrogens is 362 g/mol. The van der Waals surface area contributed by atoms with Gasteiger partial charge in [-0.15, -0.1) is 11.3 Å². The average molecular weight is 390 g/mol. The Labute approximate surface area is 163 Å². The zero-order valence-electron chi connectivity index (χ0n) is 15.8. The van der Waals surface area contributed by atoms with Crippen molar-refractivity contribution in [2.45, 2.75) is 64.5 Å². The molecule has 1 fully saturated rings. The zero-order valence-corrected chi connectivity index (χ0v) is 16.6. The summed E-state index contributed by atoms with van der Waals surface area (Å²) in [6.07, 6.45) is 9.39. The third-order valence-corrected chi connectivity index (χ3v) is 5.71. The van der Waals surface area contributed by atoms with Crippen molar-refractivity contribution in [2.75, 3.05) is 0 Å². The lowest BCUT2D eigenvalue weighted by molar-refractivity contribution is 0.0921. The molecule has 0 spiro atoms. The normalized spacial score (nSPS) is 16.3. The standard InChI is InChI=1S/C19H27N5O2S/c1-12(2)8-14(23-17(25)15-9-20-11-21-15)19-24-16(10-27-19)18(26)22-13-6-4-3-5-7-13/h9-14H,3-8H2,1-2H3,(H,20,21)(H,22,26)(H,23,25)/t14-/m1/s1. The van der Waals surface area contributed by atoms with Gasteiger partial charge in [-0.25, -0.2) is 9.97 Å². The lowest BCUT2D eigenvalue weighted by Crippen LogP contribution is -2.36. The molecule has 7 nitrogen and oxygen atoms in total. The first-order chi connectivity index (χ1) is 13.0. The van der Waals surface area contributed by atoms with Crippen LogP contribution in [0, 0.1) is 5.92 Å². The third-order valence-electron chi connectivity index (χ3n) is 4.75. The molecule has 1 atom stereocenters. The smallest absolute Gasteiger partial charge is 0.270 e. The minimum absolute atomic E-state index is 0.118. The fraction of sp³-hybridized carbons (Fsp3) is 0.579. The molecule has 8 heteroatoms. The van der Waals surface area contributed by atoms with Crippen molar-refractivity contribution < 1.29 is 9.59 Å². The Morgan fingerprint density at radius 2 is 2.04 bits per heavy atom. The van der Waals surface area contributed by atoms with E-state index in [-0.39, 0.29) is 23.9 Å². The van der Waals surface area contributed by atoms with Gasteiger partial charge in [-0.2, -0.15) is 0 Å². The quantitative estimate of drug-likeness (QED) is 0.675. The van der Waals surface area contributed by atoms with Crippen LogP contribution in [0.5, 0.6) is 0 Å². The highest BCUT2D eigenvalue weighted by Crippen LogP contribution is 2.25. The number of rotatable bonds is 7. The van der Waals surface area contributed by atoms with Crippen molar-refractivity contribution in [3.05, 3.63) is 34.3 Å². The lowest BCUT2D eigenvalue weighted by Gasteiger charge is -2.22. The van der Waals surface area contributed by atoms with E-state index in [4.69, 9.17) is 0 Å². The van der Waals surface area contributed by atoms with Crippen LogP contribution in [0.2, 0.25) is 0 Å². The second kappa shape index (κ2) is 9.12. The molecule has 1 saturated carbocycles. The summed E-state index contributed by atoms with van der Waals surface area (Å²) in [4.78, 5) is 36.1. The second-order valence-corrected chi connectivity index (χ2v) is 8.39. The van der Waals surface area contributed by atoms with Gasteiger partial charge in [-0.3, -0.25) is 9.59 Å². The Morgan fingerprint density at radius 3 is 2.70 bits per heavy atom. The molecule has 1 aliphatic carbocycles. The van der Waals surface area contributed by atoms with Crippen LogP contribution in [0.25, 0.3) is 0 Å². The van der Waals surface area contributed by atoms with Gasteiger partial charge >= 0.3 is 0 Å². The van der Waals surface area contributed by atoms with Crippen molar-refractivity contribution in [3.63, 3.8) is 0 Å². The maximum atomic E-state index is 12.5. The van der Waals surface area contributed by atoms with E-state index in [0.717, 1.165) is 24.3 Å². The predicted molar refractivity (Wildman–Crippen MR) is 105 cm³/mol. The number of nitrogens with zero attached hydrogens (tertiary/aromatic N) is 2. The molecule has 1 aliphatic rings. The van der Waals surface area contributed by atoms with Gasteiger partial charge in [0.25, 0.3) is 11.8 Å². The van der Waals surface area contributed by atoms with Crippen LogP contribution in [0.3, 0.4) is 0 Å². The highest BCUT2D eigenvalue weighted by atomic mass is 32.1. The molecule has 146 valence electrons. The number of nitrogens with one attached hydrogen (secondary N) is 3. The lowest BCUT2D eigenvalue weighted by atomic mass is 9.95. The summed E-state index contributed by atoms with van der Waals surface area (Å²) in [5.74, 6) is 0.0367. The van der Waals surface area contributed by atoms with Crippen LogP contribution in [-0.2, 0) is 0 Å². The molecule has 2 amide bonds. The van der Waals surface area contributed by atoms with Crippen molar-refractivity contribution in [1.29, 1.82) is 0 Å². The molecule has 0 aromatic carbocycles. The Hall–Kier alpha value is -2.22. The summed E-state index contributed by atoms with van der Waals surface area (Å²) in [5, 5.41) is 8.64. The predicted octanol–water partition coefficient (Wildman–Crippen LogP) is 3.45. The third kappa shape index (κ3) is 5.38. The van der Waals surface area contributed by atoms with E-state index in [9.17, 15) is 9.59 Å².